The summed E-state index contributed by atoms with van der Waals surface area (Å²) in [7, 11) is 0. The first-order chi connectivity index (χ1) is 11.0. The van der Waals surface area contributed by atoms with E-state index in [1.54, 1.807) is 24.3 Å². The van der Waals surface area contributed by atoms with Gasteiger partial charge >= 0.3 is 5.97 Å². The smallest absolute Gasteiger partial charge is 0.345 e. The van der Waals surface area contributed by atoms with E-state index in [9.17, 15) is 14.9 Å². The number of benzene rings is 2. The summed E-state index contributed by atoms with van der Waals surface area (Å²) in [5.41, 5.74) is -0.569. The molecule has 120 valence electrons. The van der Waals surface area contributed by atoms with Crippen LogP contribution in [0.5, 0.6) is 5.75 Å². The Kier molecular flexibility index (Phi) is 5.78. The molecule has 0 N–H and O–H groups in total. The van der Waals surface area contributed by atoms with Gasteiger partial charge in [-0.2, -0.15) is 0 Å². The maximum atomic E-state index is 11.9. The lowest BCUT2D eigenvalue weighted by atomic mass is 10.2. The van der Waals surface area contributed by atoms with Crippen molar-refractivity contribution in [3.63, 3.8) is 0 Å². The zero-order valence-electron chi connectivity index (χ0n) is 11.7. The van der Waals surface area contributed by atoms with Crippen molar-refractivity contribution in [3.8, 4) is 5.75 Å². The molecule has 0 saturated carbocycles. The Hall–Kier alpha value is -2.31. The molecule has 8 heteroatoms. The van der Waals surface area contributed by atoms with Gasteiger partial charge in [0.1, 0.15) is 24.5 Å². The molecule has 2 rings (SSSR count). The number of esters is 1. The number of nitro benzene ring substituents is 1. The molecule has 0 aliphatic carbocycles. The molecule has 2 aromatic rings. The van der Waals surface area contributed by atoms with E-state index < -0.39 is 10.9 Å². The van der Waals surface area contributed by atoms with Crippen molar-refractivity contribution in [2.75, 3.05) is 13.2 Å². The molecule has 0 bridgehead atoms. The van der Waals surface area contributed by atoms with Gasteiger partial charge < -0.3 is 9.47 Å². The maximum absolute atomic E-state index is 11.9. The quantitative estimate of drug-likeness (QED) is 0.336. The minimum Gasteiger partial charge on any atom is -0.490 e. The minimum atomic E-state index is -0.839. The zero-order valence-corrected chi connectivity index (χ0v) is 13.2. The summed E-state index contributed by atoms with van der Waals surface area (Å²) in [6.45, 7) is 0.00938. The zero-order chi connectivity index (χ0) is 16.8. The highest BCUT2D eigenvalue weighted by Crippen LogP contribution is 2.23. The van der Waals surface area contributed by atoms with Crippen molar-refractivity contribution in [1.82, 2.24) is 0 Å². The summed E-state index contributed by atoms with van der Waals surface area (Å²) in [6.07, 6.45) is 0. The fourth-order valence-electron chi connectivity index (χ4n) is 1.76. The monoisotopic (exact) mass is 355 g/mol. The predicted octanol–water partition coefficient (Wildman–Crippen LogP) is 4.14. The number of nitrogens with zero attached hydrogens (tertiary/aromatic N) is 1. The van der Waals surface area contributed by atoms with E-state index in [1.165, 1.54) is 12.1 Å². The fraction of sp³-hybridized carbons (Fsp3) is 0.133. The van der Waals surface area contributed by atoms with E-state index in [4.69, 9.17) is 32.7 Å². The molecule has 23 heavy (non-hydrogen) atoms. The maximum Gasteiger partial charge on any atom is 0.345 e. The van der Waals surface area contributed by atoms with Crippen LogP contribution in [0.3, 0.4) is 0 Å². The number of ether oxygens (including phenoxy) is 2. The highest BCUT2D eigenvalue weighted by molar-refractivity contribution is 6.31. The molecule has 0 heterocycles. The topological polar surface area (TPSA) is 78.7 Å². The van der Waals surface area contributed by atoms with E-state index in [2.05, 4.69) is 0 Å². The summed E-state index contributed by atoms with van der Waals surface area (Å²) in [6, 6.07) is 10.4. The molecule has 0 spiro atoms. The van der Waals surface area contributed by atoms with Gasteiger partial charge in [-0.05, 0) is 30.3 Å². The SMILES string of the molecule is O=C(OCCOc1cccc(Cl)c1)c1cc(Cl)ccc1[N+](=O)[O-]. The molecule has 0 aliphatic rings. The van der Waals surface area contributed by atoms with Crippen molar-refractivity contribution in [2.45, 2.75) is 0 Å². The lowest BCUT2D eigenvalue weighted by Gasteiger charge is -2.08. The standard InChI is InChI=1S/C15H11Cl2NO5/c16-10-2-1-3-12(8-10)22-6-7-23-15(19)13-9-11(17)4-5-14(13)18(20)21/h1-5,8-9H,6-7H2. The molecule has 0 amide bonds. The van der Waals surface area contributed by atoms with Gasteiger partial charge in [0, 0.05) is 16.1 Å². The molecule has 0 aromatic heterocycles. The van der Waals surface area contributed by atoms with Crippen molar-refractivity contribution < 1.29 is 19.2 Å². The van der Waals surface area contributed by atoms with Gasteiger partial charge in [-0.3, -0.25) is 10.1 Å². The number of hydrogen-bond donors (Lipinski definition) is 0. The number of halogens is 2. The van der Waals surface area contributed by atoms with Gasteiger partial charge in [0.2, 0.25) is 0 Å². The van der Waals surface area contributed by atoms with Crippen LogP contribution in [-0.4, -0.2) is 24.1 Å². The van der Waals surface area contributed by atoms with Crippen LogP contribution in [0.15, 0.2) is 42.5 Å². The third-order valence-corrected chi connectivity index (χ3v) is 3.23. The largest absolute Gasteiger partial charge is 0.490 e. The van der Waals surface area contributed by atoms with Crippen molar-refractivity contribution in [3.05, 3.63) is 68.2 Å². The number of hydrogen-bond acceptors (Lipinski definition) is 5. The Labute approximate surface area is 141 Å². The van der Waals surface area contributed by atoms with Crippen LogP contribution < -0.4 is 4.74 Å². The molecule has 2 aromatic carbocycles. The summed E-state index contributed by atoms with van der Waals surface area (Å²) in [5.74, 6) is -0.309. The van der Waals surface area contributed by atoms with Crippen LogP contribution in [0.1, 0.15) is 10.4 Å². The van der Waals surface area contributed by atoms with Crippen LogP contribution in [0.2, 0.25) is 10.0 Å². The first kappa shape index (κ1) is 17.1. The fourth-order valence-corrected chi connectivity index (χ4v) is 2.11. The third kappa shape index (κ3) is 4.84. The van der Waals surface area contributed by atoms with Crippen LogP contribution in [0.25, 0.3) is 0 Å². The van der Waals surface area contributed by atoms with E-state index in [1.807, 2.05) is 0 Å². The molecule has 0 atom stereocenters. The highest BCUT2D eigenvalue weighted by atomic mass is 35.5. The van der Waals surface area contributed by atoms with Crippen molar-refractivity contribution in [2.24, 2.45) is 0 Å². The summed E-state index contributed by atoms with van der Waals surface area (Å²) in [4.78, 5) is 22.2. The van der Waals surface area contributed by atoms with Crippen LogP contribution in [-0.2, 0) is 4.74 Å². The van der Waals surface area contributed by atoms with Gasteiger partial charge in [0.05, 0.1) is 4.92 Å². The highest BCUT2D eigenvalue weighted by Gasteiger charge is 2.21. The summed E-state index contributed by atoms with van der Waals surface area (Å²) in [5, 5.41) is 11.6. The second-order valence-corrected chi connectivity index (χ2v) is 5.23. The molecular weight excluding hydrogens is 345 g/mol. The average Bonchev–Trinajstić information content (AvgIpc) is 2.51. The van der Waals surface area contributed by atoms with Crippen LogP contribution in [0.4, 0.5) is 5.69 Å². The van der Waals surface area contributed by atoms with Gasteiger partial charge in [0.25, 0.3) is 5.69 Å². The second kappa shape index (κ2) is 7.80. The van der Waals surface area contributed by atoms with E-state index in [0.717, 1.165) is 6.07 Å². The Morgan fingerprint density at radius 2 is 1.83 bits per heavy atom. The van der Waals surface area contributed by atoms with Crippen molar-refractivity contribution in [1.29, 1.82) is 0 Å². The Morgan fingerprint density at radius 1 is 1.09 bits per heavy atom. The Morgan fingerprint density at radius 3 is 2.52 bits per heavy atom. The summed E-state index contributed by atoms with van der Waals surface area (Å²) >= 11 is 11.6. The molecule has 6 nitrogen and oxygen atoms in total. The van der Waals surface area contributed by atoms with Gasteiger partial charge in [0.15, 0.2) is 0 Å². The van der Waals surface area contributed by atoms with E-state index in [0.29, 0.717) is 10.8 Å². The molecule has 0 unspecified atom stereocenters. The number of rotatable bonds is 6. The average molecular weight is 356 g/mol. The first-order valence-corrected chi connectivity index (χ1v) is 7.22. The molecule has 0 fully saturated rings. The lowest BCUT2D eigenvalue weighted by Crippen LogP contribution is -2.13. The van der Waals surface area contributed by atoms with Gasteiger partial charge in [-0.15, -0.1) is 0 Å². The second-order valence-electron chi connectivity index (χ2n) is 4.36. The van der Waals surface area contributed by atoms with Gasteiger partial charge in [-0.1, -0.05) is 29.3 Å². The minimum absolute atomic E-state index is 0.0744. The lowest BCUT2D eigenvalue weighted by molar-refractivity contribution is -0.385. The molecule has 0 saturated heterocycles. The molecule has 0 radical (unpaired) electrons. The number of nitro groups is 1. The normalized spacial score (nSPS) is 10.2. The van der Waals surface area contributed by atoms with E-state index in [-0.39, 0.29) is 29.5 Å². The predicted molar refractivity (Wildman–Crippen MR) is 85.3 cm³/mol. The molecule has 0 aliphatic heterocycles. The van der Waals surface area contributed by atoms with Crippen molar-refractivity contribution >= 4 is 34.9 Å². The van der Waals surface area contributed by atoms with Crippen LogP contribution in [0, 0.1) is 10.1 Å². The first-order valence-electron chi connectivity index (χ1n) is 6.47. The summed E-state index contributed by atoms with van der Waals surface area (Å²) < 4.78 is 10.3. The number of carbonyl (C=O) groups excluding carboxylic acids is 1. The third-order valence-electron chi connectivity index (χ3n) is 2.76. The van der Waals surface area contributed by atoms with E-state index >= 15 is 0 Å². The van der Waals surface area contributed by atoms with Crippen LogP contribution >= 0.6 is 23.2 Å². The van der Waals surface area contributed by atoms with Gasteiger partial charge in [-0.25, -0.2) is 4.79 Å². The Balaban J connectivity index is 1.92. The number of carbonyl (C=O) groups is 1. The Bertz CT molecular complexity index is 736. The molecular formula is C15H11Cl2NO5.